The Hall–Kier alpha value is -2.44. The van der Waals surface area contributed by atoms with Crippen LogP contribution in [-0.2, 0) is 9.53 Å². The summed E-state index contributed by atoms with van der Waals surface area (Å²) in [6.45, 7) is 4.25. The molecule has 1 N–H and O–H groups in total. The van der Waals surface area contributed by atoms with E-state index in [-0.39, 0.29) is 20.6 Å². The van der Waals surface area contributed by atoms with Gasteiger partial charge < -0.3 is 14.8 Å². The van der Waals surface area contributed by atoms with Crippen LogP contribution in [0.3, 0.4) is 0 Å². The molecule has 1 aliphatic rings. The summed E-state index contributed by atoms with van der Waals surface area (Å²) in [5.41, 5.74) is 0.718. The van der Waals surface area contributed by atoms with E-state index >= 15 is 0 Å². The number of amides is 1. The third kappa shape index (κ3) is 5.78. The molecule has 6 heteroatoms. The average Bonchev–Trinajstić information content (AvgIpc) is 3.17. The minimum absolute atomic E-state index is 0. The molecular formula is C22H31FN2O3. The molecule has 0 aromatic heterocycles. The number of hydrogen-bond acceptors (Lipinski definition) is 4. The summed E-state index contributed by atoms with van der Waals surface area (Å²) in [7, 11) is 0. The second kappa shape index (κ2) is 10.2. The summed E-state index contributed by atoms with van der Waals surface area (Å²) in [6.07, 6.45) is 3.98. The van der Waals surface area contributed by atoms with E-state index in [4.69, 9.17) is 9.47 Å². The molecule has 3 rings (SSSR count). The first-order valence-electron chi connectivity index (χ1n) is 9.82. The predicted molar refractivity (Wildman–Crippen MR) is 111 cm³/mol. The molecule has 154 valence electrons. The zero-order valence-electron chi connectivity index (χ0n) is 16.2. The van der Waals surface area contributed by atoms with Crippen molar-refractivity contribution in [1.82, 2.24) is 4.90 Å². The first-order chi connectivity index (χ1) is 13.7. The van der Waals surface area contributed by atoms with E-state index in [9.17, 15) is 9.18 Å². The largest absolute Gasteiger partial charge is 0.457 e. The minimum Gasteiger partial charge on any atom is -0.457 e. The van der Waals surface area contributed by atoms with E-state index in [0.717, 1.165) is 44.5 Å². The first kappa shape index (κ1) is 20.3. The Morgan fingerprint density at radius 2 is 1.86 bits per heavy atom. The number of nitrogens with zero attached hydrogens (tertiary/aromatic N) is 1. The van der Waals surface area contributed by atoms with Gasteiger partial charge in [-0.15, -0.1) is 0 Å². The summed E-state index contributed by atoms with van der Waals surface area (Å²) < 4.78 is 24.3. The Kier molecular flexibility index (Phi) is 7.39. The monoisotopic (exact) mass is 390 g/mol. The third-order valence-corrected chi connectivity index (χ3v) is 4.74. The lowest BCUT2D eigenvalue weighted by Crippen LogP contribution is -2.40. The maximum atomic E-state index is 13.0. The van der Waals surface area contributed by atoms with Crippen LogP contribution in [0.5, 0.6) is 11.5 Å². The molecule has 0 saturated carbocycles. The molecule has 1 aliphatic heterocycles. The van der Waals surface area contributed by atoms with Gasteiger partial charge in [-0.05, 0) is 67.8 Å². The Morgan fingerprint density at radius 1 is 1.18 bits per heavy atom. The van der Waals surface area contributed by atoms with E-state index in [1.807, 2.05) is 0 Å². The van der Waals surface area contributed by atoms with Crippen LogP contribution in [0.25, 0.3) is 0 Å². The number of nitrogens with one attached hydrogen (secondary N) is 1. The SMILES string of the molecule is CCCCOCN1CCC[C@H]1C(=O)Nc1ccc(Oc2ccc(F)cc2)cc1.[HH].[HH]. The second-order valence-electron chi connectivity index (χ2n) is 6.93. The van der Waals surface area contributed by atoms with Gasteiger partial charge in [-0.3, -0.25) is 9.69 Å². The van der Waals surface area contributed by atoms with Gasteiger partial charge in [0.05, 0.1) is 12.8 Å². The number of rotatable bonds is 9. The number of ether oxygens (including phenoxy) is 2. The molecule has 0 spiro atoms. The summed E-state index contributed by atoms with van der Waals surface area (Å²) in [5.74, 6) is 0.866. The van der Waals surface area contributed by atoms with Crippen molar-refractivity contribution in [2.24, 2.45) is 0 Å². The van der Waals surface area contributed by atoms with Gasteiger partial charge >= 0.3 is 0 Å². The maximum absolute atomic E-state index is 13.0. The Morgan fingerprint density at radius 3 is 2.54 bits per heavy atom. The quantitative estimate of drug-likeness (QED) is 0.591. The van der Waals surface area contributed by atoms with Crippen LogP contribution >= 0.6 is 0 Å². The maximum Gasteiger partial charge on any atom is 0.241 e. The molecule has 2 aromatic carbocycles. The molecule has 1 heterocycles. The average molecular weight is 390 g/mol. The number of halogens is 1. The lowest BCUT2D eigenvalue weighted by Gasteiger charge is -2.23. The number of unbranched alkanes of at least 4 members (excludes halogenated alkanes) is 1. The van der Waals surface area contributed by atoms with Gasteiger partial charge in [-0.1, -0.05) is 13.3 Å². The van der Waals surface area contributed by atoms with Crippen LogP contribution in [0.4, 0.5) is 10.1 Å². The van der Waals surface area contributed by atoms with E-state index in [2.05, 4.69) is 17.1 Å². The fraction of sp³-hybridized carbons (Fsp3) is 0.409. The van der Waals surface area contributed by atoms with Crippen molar-refractivity contribution in [3.8, 4) is 11.5 Å². The van der Waals surface area contributed by atoms with Gasteiger partial charge in [0.1, 0.15) is 17.3 Å². The molecule has 1 amide bonds. The zero-order valence-corrected chi connectivity index (χ0v) is 16.2. The number of carbonyl (C=O) groups excluding carboxylic acids is 1. The van der Waals surface area contributed by atoms with Crippen molar-refractivity contribution in [1.29, 1.82) is 0 Å². The van der Waals surface area contributed by atoms with E-state index < -0.39 is 0 Å². The van der Waals surface area contributed by atoms with Crippen molar-refractivity contribution in [2.75, 3.05) is 25.2 Å². The predicted octanol–water partition coefficient (Wildman–Crippen LogP) is 5.29. The van der Waals surface area contributed by atoms with Gasteiger partial charge in [-0.25, -0.2) is 4.39 Å². The molecule has 1 atom stereocenters. The van der Waals surface area contributed by atoms with Crippen LogP contribution in [0.15, 0.2) is 48.5 Å². The number of hydrogen-bond donors (Lipinski definition) is 1. The molecule has 0 aliphatic carbocycles. The number of carbonyl (C=O) groups is 1. The highest BCUT2D eigenvalue weighted by atomic mass is 19.1. The molecule has 2 aromatic rings. The number of likely N-dealkylation sites (tertiary alicyclic amines) is 1. The van der Waals surface area contributed by atoms with Crippen LogP contribution in [0.2, 0.25) is 0 Å². The molecule has 0 radical (unpaired) electrons. The van der Waals surface area contributed by atoms with E-state index in [1.165, 1.54) is 12.1 Å². The molecule has 28 heavy (non-hydrogen) atoms. The Bertz CT molecular complexity index is 760. The molecule has 0 unspecified atom stereocenters. The highest BCUT2D eigenvalue weighted by molar-refractivity contribution is 5.95. The van der Waals surface area contributed by atoms with Crippen LogP contribution < -0.4 is 10.1 Å². The number of anilines is 1. The molecular weight excluding hydrogens is 359 g/mol. The van der Waals surface area contributed by atoms with Gasteiger partial charge in [0, 0.05) is 21.7 Å². The standard InChI is InChI=1S/C22H27FN2O3.2H2/c1-2-3-15-27-16-25-14-4-5-21(25)22(26)24-18-8-12-20(13-9-18)28-19-10-6-17(23)7-11-19;;/h6-13,21H,2-5,14-16H2,1H3,(H,24,26);2*1H/t21-;;/m0../s1. The highest BCUT2D eigenvalue weighted by Crippen LogP contribution is 2.24. The summed E-state index contributed by atoms with van der Waals surface area (Å²) >= 11 is 0. The molecule has 1 fully saturated rings. The van der Waals surface area contributed by atoms with E-state index in [0.29, 0.717) is 18.2 Å². The molecule has 5 nitrogen and oxygen atoms in total. The lowest BCUT2D eigenvalue weighted by molar-refractivity contribution is -0.122. The van der Waals surface area contributed by atoms with Gasteiger partial charge in [0.15, 0.2) is 0 Å². The van der Waals surface area contributed by atoms with Crippen molar-refractivity contribution >= 4 is 11.6 Å². The third-order valence-electron chi connectivity index (χ3n) is 4.74. The summed E-state index contributed by atoms with van der Waals surface area (Å²) in [6, 6.07) is 12.8. The Labute approximate surface area is 168 Å². The smallest absolute Gasteiger partial charge is 0.241 e. The van der Waals surface area contributed by atoms with E-state index in [1.54, 1.807) is 36.4 Å². The first-order valence-corrected chi connectivity index (χ1v) is 9.82. The van der Waals surface area contributed by atoms with Crippen LogP contribution in [0.1, 0.15) is 35.5 Å². The topological polar surface area (TPSA) is 50.8 Å². The van der Waals surface area contributed by atoms with Gasteiger partial charge in [0.25, 0.3) is 0 Å². The molecule has 1 saturated heterocycles. The second-order valence-corrected chi connectivity index (χ2v) is 6.93. The van der Waals surface area contributed by atoms with Gasteiger partial charge in [-0.2, -0.15) is 0 Å². The van der Waals surface area contributed by atoms with Crippen molar-refractivity contribution in [3.63, 3.8) is 0 Å². The van der Waals surface area contributed by atoms with Crippen molar-refractivity contribution in [3.05, 3.63) is 54.3 Å². The van der Waals surface area contributed by atoms with Gasteiger partial charge in [0.2, 0.25) is 5.91 Å². The minimum atomic E-state index is -0.304. The fourth-order valence-electron chi connectivity index (χ4n) is 3.18. The lowest BCUT2D eigenvalue weighted by atomic mass is 10.2. The number of benzene rings is 2. The van der Waals surface area contributed by atoms with Crippen molar-refractivity contribution in [2.45, 2.75) is 38.6 Å². The summed E-state index contributed by atoms with van der Waals surface area (Å²) in [4.78, 5) is 14.7. The highest BCUT2D eigenvalue weighted by Gasteiger charge is 2.30. The van der Waals surface area contributed by atoms with Crippen LogP contribution in [-0.4, -0.2) is 36.7 Å². The molecule has 0 bridgehead atoms. The fourth-order valence-corrected chi connectivity index (χ4v) is 3.18. The van der Waals surface area contributed by atoms with Crippen molar-refractivity contribution < 1.29 is 21.5 Å². The normalized spacial score (nSPS) is 16.9. The zero-order chi connectivity index (χ0) is 19.8. The summed E-state index contributed by atoms with van der Waals surface area (Å²) in [5, 5.41) is 2.97. The van der Waals surface area contributed by atoms with Crippen LogP contribution in [0, 0.1) is 5.82 Å². The Balaban J connectivity index is 0.00000225.